The van der Waals surface area contributed by atoms with Crippen molar-refractivity contribution in [2.24, 2.45) is 0 Å². The monoisotopic (exact) mass is 388 g/mol. The Balaban J connectivity index is 2.39. The van der Waals surface area contributed by atoms with Crippen LogP contribution in [0.25, 0.3) is 16.7 Å². The number of hydrogen-bond acceptors (Lipinski definition) is 1. The second-order valence-corrected chi connectivity index (χ2v) is 6.17. The van der Waals surface area contributed by atoms with Gasteiger partial charge >= 0.3 is 0 Å². The summed E-state index contributed by atoms with van der Waals surface area (Å²) in [4.78, 5) is 4.52. The van der Waals surface area contributed by atoms with Crippen molar-refractivity contribution in [3.8, 4) is 5.69 Å². The molecule has 102 valence electrons. The molecule has 2 aromatic carbocycles. The Kier molecular flexibility index (Phi) is 3.95. The van der Waals surface area contributed by atoms with Crippen molar-refractivity contribution in [2.75, 3.05) is 0 Å². The fourth-order valence-electron chi connectivity index (χ4n) is 2.15. The fraction of sp³-hybridized carbons (Fsp3) is 0.0714. The maximum Gasteiger partial charge on any atom is 0.129 e. The van der Waals surface area contributed by atoms with Gasteiger partial charge in [0.15, 0.2) is 0 Å². The second kappa shape index (κ2) is 5.57. The normalized spacial score (nSPS) is 11.2. The fourth-order valence-corrected chi connectivity index (χ4v) is 3.44. The zero-order chi connectivity index (χ0) is 14.3. The van der Waals surface area contributed by atoms with Gasteiger partial charge in [0, 0.05) is 9.50 Å². The molecule has 1 heterocycles. The summed E-state index contributed by atoms with van der Waals surface area (Å²) < 4.78 is 2.81. The lowest BCUT2D eigenvalue weighted by atomic mass is 10.2. The highest BCUT2D eigenvalue weighted by Gasteiger charge is 2.16. The minimum atomic E-state index is 0.292. The molecule has 0 amide bonds. The van der Waals surface area contributed by atoms with E-state index in [0.29, 0.717) is 15.9 Å². The first-order chi connectivity index (χ1) is 9.61. The molecule has 1 aromatic heterocycles. The van der Waals surface area contributed by atoms with Crippen LogP contribution in [-0.4, -0.2) is 9.55 Å². The minimum absolute atomic E-state index is 0.292. The summed E-state index contributed by atoms with van der Waals surface area (Å²) >= 11 is 21.9. The van der Waals surface area contributed by atoms with E-state index < -0.39 is 0 Å². The van der Waals surface area contributed by atoms with Gasteiger partial charge in [-0.05, 0) is 46.3 Å². The number of aromatic nitrogens is 2. The molecule has 6 heteroatoms. The summed E-state index contributed by atoms with van der Waals surface area (Å²) in [7, 11) is 0. The van der Waals surface area contributed by atoms with Gasteiger partial charge in [-0.3, -0.25) is 4.57 Å². The van der Waals surface area contributed by atoms with Crippen LogP contribution in [0.4, 0.5) is 0 Å². The SMILES string of the molecule is ClCc1nc2cccc(Cl)c2n1-c1ccc(Cl)cc1Br. The standard InChI is InChI=1S/C14H8BrCl3N2/c15-9-6-8(17)4-5-12(9)20-13(7-16)19-11-3-1-2-10(18)14(11)20/h1-6H,7H2. The number of benzene rings is 2. The molecule has 3 rings (SSSR count). The summed E-state index contributed by atoms with van der Waals surface area (Å²) in [6.07, 6.45) is 0. The molecule has 0 aliphatic carbocycles. The van der Waals surface area contributed by atoms with E-state index in [0.717, 1.165) is 27.0 Å². The van der Waals surface area contributed by atoms with Crippen molar-refractivity contribution < 1.29 is 0 Å². The molecule has 0 radical (unpaired) electrons. The Labute approximate surface area is 139 Å². The third kappa shape index (κ3) is 2.33. The highest BCUT2D eigenvalue weighted by molar-refractivity contribution is 9.10. The summed E-state index contributed by atoms with van der Waals surface area (Å²) in [5.74, 6) is 1.03. The molecular formula is C14H8BrCl3N2. The predicted molar refractivity (Wildman–Crippen MR) is 88.3 cm³/mol. The first-order valence-electron chi connectivity index (χ1n) is 5.79. The van der Waals surface area contributed by atoms with Crippen LogP contribution < -0.4 is 0 Å². The Morgan fingerprint density at radius 2 is 1.95 bits per heavy atom. The van der Waals surface area contributed by atoms with E-state index in [1.165, 1.54) is 0 Å². The molecule has 20 heavy (non-hydrogen) atoms. The zero-order valence-electron chi connectivity index (χ0n) is 10.1. The molecule has 0 fully saturated rings. The number of fused-ring (bicyclic) bond motifs is 1. The van der Waals surface area contributed by atoms with Gasteiger partial charge in [-0.15, -0.1) is 11.6 Å². The van der Waals surface area contributed by atoms with E-state index in [-0.39, 0.29) is 0 Å². The molecule has 3 aromatic rings. The van der Waals surface area contributed by atoms with Crippen LogP contribution in [0.5, 0.6) is 0 Å². The molecule has 0 N–H and O–H groups in total. The number of alkyl halides is 1. The van der Waals surface area contributed by atoms with Crippen LogP contribution in [0.15, 0.2) is 40.9 Å². The molecule has 0 saturated carbocycles. The van der Waals surface area contributed by atoms with Crippen LogP contribution in [0.1, 0.15) is 5.82 Å². The maximum absolute atomic E-state index is 6.32. The van der Waals surface area contributed by atoms with Gasteiger partial charge in [0.05, 0.1) is 27.6 Å². The molecule has 0 saturated heterocycles. The van der Waals surface area contributed by atoms with Crippen molar-refractivity contribution in [3.63, 3.8) is 0 Å². The summed E-state index contributed by atoms with van der Waals surface area (Å²) in [6.45, 7) is 0. The number of rotatable bonds is 2. The predicted octanol–water partition coefficient (Wildman–Crippen LogP) is 5.83. The average Bonchev–Trinajstić information content (AvgIpc) is 2.79. The molecule has 0 spiro atoms. The van der Waals surface area contributed by atoms with Crippen molar-refractivity contribution in [1.82, 2.24) is 9.55 Å². The average molecular weight is 390 g/mol. The van der Waals surface area contributed by atoms with E-state index in [4.69, 9.17) is 34.8 Å². The van der Waals surface area contributed by atoms with Crippen LogP contribution in [0, 0.1) is 0 Å². The molecule has 0 bridgehead atoms. The number of imidazole rings is 1. The Bertz CT molecular complexity index is 798. The highest BCUT2D eigenvalue weighted by atomic mass is 79.9. The number of halogens is 4. The third-order valence-corrected chi connectivity index (χ3v) is 4.38. The van der Waals surface area contributed by atoms with Gasteiger partial charge in [-0.25, -0.2) is 4.98 Å². The van der Waals surface area contributed by atoms with Crippen LogP contribution >= 0.6 is 50.7 Å². The van der Waals surface area contributed by atoms with Gasteiger partial charge in [-0.1, -0.05) is 29.3 Å². The van der Waals surface area contributed by atoms with Crippen molar-refractivity contribution in [1.29, 1.82) is 0 Å². The van der Waals surface area contributed by atoms with Gasteiger partial charge in [0.2, 0.25) is 0 Å². The van der Waals surface area contributed by atoms with Crippen LogP contribution in [-0.2, 0) is 5.88 Å². The smallest absolute Gasteiger partial charge is 0.129 e. The summed E-state index contributed by atoms with van der Waals surface area (Å²) in [5, 5.41) is 1.29. The summed E-state index contributed by atoms with van der Waals surface area (Å²) in [5.41, 5.74) is 2.56. The van der Waals surface area contributed by atoms with Crippen LogP contribution in [0.3, 0.4) is 0 Å². The molecule has 0 aliphatic rings. The van der Waals surface area contributed by atoms with Crippen molar-refractivity contribution >= 4 is 61.8 Å². The second-order valence-electron chi connectivity index (χ2n) is 4.20. The quantitative estimate of drug-likeness (QED) is 0.503. The van der Waals surface area contributed by atoms with Gasteiger partial charge in [0.25, 0.3) is 0 Å². The van der Waals surface area contributed by atoms with Gasteiger partial charge in [-0.2, -0.15) is 0 Å². The first-order valence-corrected chi connectivity index (χ1v) is 7.87. The Hall–Kier alpha value is -0.740. The molecule has 0 atom stereocenters. The molecule has 0 aliphatic heterocycles. The number of para-hydroxylation sites is 1. The number of nitrogens with zero attached hydrogens (tertiary/aromatic N) is 2. The zero-order valence-corrected chi connectivity index (χ0v) is 13.9. The number of hydrogen-bond donors (Lipinski definition) is 0. The van der Waals surface area contributed by atoms with E-state index in [9.17, 15) is 0 Å². The Morgan fingerprint density at radius 1 is 1.15 bits per heavy atom. The molecule has 2 nitrogen and oxygen atoms in total. The lowest BCUT2D eigenvalue weighted by molar-refractivity contribution is 0.977. The largest absolute Gasteiger partial charge is 0.293 e. The molecular weight excluding hydrogens is 382 g/mol. The third-order valence-electron chi connectivity index (χ3n) is 2.97. The van der Waals surface area contributed by atoms with E-state index in [2.05, 4.69) is 20.9 Å². The molecule has 0 unspecified atom stereocenters. The van der Waals surface area contributed by atoms with Crippen molar-refractivity contribution in [3.05, 3.63) is 56.7 Å². The highest BCUT2D eigenvalue weighted by Crippen LogP contribution is 2.32. The van der Waals surface area contributed by atoms with Crippen LogP contribution in [0.2, 0.25) is 10.0 Å². The lowest BCUT2D eigenvalue weighted by Gasteiger charge is -2.11. The van der Waals surface area contributed by atoms with E-state index >= 15 is 0 Å². The lowest BCUT2D eigenvalue weighted by Crippen LogP contribution is -2.00. The first kappa shape index (κ1) is 14.2. The van der Waals surface area contributed by atoms with E-state index in [1.54, 1.807) is 0 Å². The van der Waals surface area contributed by atoms with Gasteiger partial charge < -0.3 is 0 Å². The van der Waals surface area contributed by atoms with Gasteiger partial charge in [0.1, 0.15) is 5.82 Å². The topological polar surface area (TPSA) is 17.8 Å². The van der Waals surface area contributed by atoms with Crippen molar-refractivity contribution in [2.45, 2.75) is 5.88 Å². The maximum atomic E-state index is 6.32. The summed E-state index contributed by atoms with van der Waals surface area (Å²) in [6, 6.07) is 11.2. The van der Waals surface area contributed by atoms with E-state index in [1.807, 2.05) is 41.0 Å². The Morgan fingerprint density at radius 3 is 2.65 bits per heavy atom. The minimum Gasteiger partial charge on any atom is -0.293 e.